The van der Waals surface area contributed by atoms with Crippen molar-refractivity contribution in [3.05, 3.63) is 58.2 Å². The maximum atomic E-state index is 13.2. The summed E-state index contributed by atoms with van der Waals surface area (Å²) in [6.07, 6.45) is -4.42. The lowest BCUT2D eigenvalue weighted by atomic mass is 10.1. The van der Waals surface area contributed by atoms with Crippen molar-refractivity contribution in [2.24, 2.45) is 0 Å². The Balaban J connectivity index is 1.41. The fourth-order valence-electron chi connectivity index (χ4n) is 3.49. The number of rotatable bonds is 5. The van der Waals surface area contributed by atoms with E-state index in [1.54, 1.807) is 16.7 Å². The molecule has 0 saturated carbocycles. The van der Waals surface area contributed by atoms with Crippen LogP contribution in [-0.4, -0.2) is 26.5 Å². The second-order valence-electron chi connectivity index (χ2n) is 7.76. The standard InChI is InChI=1S/C22H17F3N4O4S/c1-11(2)29-20(30)14-7-16-17(32-10-31-16)8-15(14)26-21(29)34-9-18-27-19(28-33-18)12-3-5-13(6-4-12)22(23,24)25/h3-8,11H,9-10H2,1-2H3. The molecule has 0 N–H and O–H groups in total. The second-order valence-corrected chi connectivity index (χ2v) is 8.70. The van der Waals surface area contributed by atoms with Crippen LogP contribution < -0.4 is 15.0 Å². The molecule has 0 spiro atoms. The smallest absolute Gasteiger partial charge is 0.416 e. The van der Waals surface area contributed by atoms with E-state index in [-0.39, 0.29) is 35.9 Å². The van der Waals surface area contributed by atoms with Crippen molar-refractivity contribution in [3.8, 4) is 22.9 Å². The van der Waals surface area contributed by atoms with Crippen LogP contribution in [0.25, 0.3) is 22.3 Å². The van der Waals surface area contributed by atoms with Gasteiger partial charge in [0, 0.05) is 17.7 Å². The summed E-state index contributed by atoms with van der Waals surface area (Å²) in [4.78, 5) is 22.1. The summed E-state index contributed by atoms with van der Waals surface area (Å²) in [7, 11) is 0. The van der Waals surface area contributed by atoms with Gasteiger partial charge in [-0.2, -0.15) is 18.2 Å². The predicted molar refractivity (Wildman–Crippen MR) is 117 cm³/mol. The molecule has 0 amide bonds. The average Bonchev–Trinajstić information content (AvgIpc) is 3.45. The Morgan fingerprint density at radius 2 is 1.79 bits per heavy atom. The van der Waals surface area contributed by atoms with E-state index < -0.39 is 11.7 Å². The fourth-order valence-corrected chi connectivity index (χ4v) is 4.46. The molecule has 1 aliphatic rings. The van der Waals surface area contributed by atoms with E-state index in [2.05, 4.69) is 15.1 Å². The number of hydrogen-bond acceptors (Lipinski definition) is 8. The first-order valence-electron chi connectivity index (χ1n) is 10.2. The molecule has 2 aromatic carbocycles. The van der Waals surface area contributed by atoms with Crippen LogP contribution in [0.15, 0.2) is 50.9 Å². The topological polar surface area (TPSA) is 92.3 Å². The van der Waals surface area contributed by atoms with Crippen LogP contribution in [0.3, 0.4) is 0 Å². The number of ether oxygens (including phenoxy) is 2. The molecule has 0 atom stereocenters. The van der Waals surface area contributed by atoms with Crippen molar-refractivity contribution in [1.82, 2.24) is 19.7 Å². The molecule has 3 heterocycles. The predicted octanol–water partition coefficient (Wildman–Crippen LogP) is 5.07. The number of alkyl halides is 3. The highest BCUT2D eigenvalue weighted by molar-refractivity contribution is 7.98. The molecule has 176 valence electrons. The van der Waals surface area contributed by atoms with Gasteiger partial charge in [-0.25, -0.2) is 4.98 Å². The van der Waals surface area contributed by atoms with Crippen molar-refractivity contribution in [3.63, 3.8) is 0 Å². The van der Waals surface area contributed by atoms with Gasteiger partial charge in [-0.1, -0.05) is 29.1 Å². The van der Waals surface area contributed by atoms with Crippen molar-refractivity contribution >= 4 is 22.7 Å². The normalized spacial score (nSPS) is 13.2. The molecule has 5 rings (SSSR count). The molecule has 0 radical (unpaired) electrons. The Hall–Kier alpha value is -3.54. The zero-order chi connectivity index (χ0) is 24.0. The van der Waals surface area contributed by atoms with E-state index in [1.165, 1.54) is 23.9 Å². The summed E-state index contributed by atoms with van der Waals surface area (Å²) in [6.45, 7) is 3.84. The minimum Gasteiger partial charge on any atom is -0.454 e. The molecular weight excluding hydrogens is 473 g/mol. The molecular formula is C22H17F3N4O4S. The van der Waals surface area contributed by atoms with Gasteiger partial charge in [-0.05, 0) is 32.0 Å². The van der Waals surface area contributed by atoms with Gasteiger partial charge in [0.15, 0.2) is 16.7 Å². The Morgan fingerprint density at radius 1 is 1.09 bits per heavy atom. The maximum Gasteiger partial charge on any atom is 0.416 e. The fraction of sp³-hybridized carbons (Fsp3) is 0.273. The molecule has 0 unspecified atom stereocenters. The first-order chi connectivity index (χ1) is 16.2. The Morgan fingerprint density at radius 3 is 2.47 bits per heavy atom. The molecule has 4 aromatic rings. The number of fused-ring (bicyclic) bond motifs is 2. The largest absolute Gasteiger partial charge is 0.454 e. The Labute approximate surface area is 194 Å². The molecule has 12 heteroatoms. The zero-order valence-corrected chi connectivity index (χ0v) is 18.7. The number of aromatic nitrogens is 4. The van der Waals surface area contributed by atoms with Crippen LogP contribution >= 0.6 is 11.8 Å². The van der Waals surface area contributed by atoms with Gasteiger partial charge in [0.2, 0.25) is 18.5 Å². The third-order valence-electron chi connectivity index (χ3n) is 5.14. The summed E-state index contributed by atoms with van der Waals surface area (Å²) in [6, 6.07) is 7.64. The Kier molecular flexibility index (Phi) is 5.47. The van der Waals surface area contributed by atoms with Crippen LogP contribution in [0.5, 0.6) is 11.5 Å². The summed E-state index contributed by atoms with van der Waals surface area (Å²) < 4.78 is 55.9. The lowest BCUT2D eigenvalue weighted by Crippen LogP contribution is -2.25. The van der Waals surface area contributed by atoms with E-state index in [0.717, 1.165) is 12.1 Å². The summed E-state index contributed by atoms with van der Waals surface area (Å²) in [5, 5.41) is 4.73. The first kappa shape index (κ1) is 22.3. The lowest BCUT2D eigenvalue weighted by molar-refractivity contribution is -0.137. The molecule has 1 aliphatic heterocycles. The van der Waals surface area contributed by atoms with E-state index >= 15 is 0 Å². The third kappa shape index (κ3) is 4.09. The SMILES string of the molecule is CC(C)n1c(SCc2nc(-c3ccc(C(F)(F)F)cc3)no2)nc2cc3c(cc2c1=O)OCO3. The van der Waals surface area contributed by atoms with Crippen molar-refractivity contribution < 1.29 is 27.2 Å². The number of hydrogen-bond donors (Lipinski definition) is 0. The Bertz CT molecular complexity index is 1430. The maximum absolute atomic E-state index is 13.2. The van der Waals surface area contributed by atoms with Gasteiger partial charge in [0.25, 0.3) is 5.56 Å². The highest BCUT2D eigenvalue weighted by Gasteiger charge is 2.30. The van der Waals surface area contributed by atoms with Gasteiger partial charge in [-0.3, -0.25) is 9.36 Å². The number of halogens is 3. The highest BCUT2D eigenvalue weighted by Crippen LogP contribution is 2.36. The number of nitrogens with zero attached hydrogens (tertiary/aromatic N) is 4. The summed E-state index contributed by atoms with van der Waals surface area (Å²) in [5.74, 6) is 1.66. The third-order valence-corrected chi connectivity index (χ3v) is 6.08. The van der Waals surface area contributed by atoms with Crippen molar-refractivity contribution in [1.29, 1.82) is 0 Å². The average molecular weight is 490 g/mol. The van der Waals surface area contributed by atoms with E-state index in [0.29, 0.717) is 33.1 Å². The molecule has 0 saturated heterocycles. The van der Waals surface area contributed by atoms with Gasteiger partial charge >= 0.3 is 6.18 Å². The highest BCUT2D eigenvalue weighted by atomic mass is 32.2. The first-order valence-corrected chi connectivity index (χ1v) is 11.2. The zero-order valence-electron chi connectivity index (χ0n) is 17.9. The van der Waals surface area contributed by atoms with Crippen molar-refractivity contribution in [2.45, 2.75) is 37.0 Å². The quantitative estimate of drug-likeness (QED) is 0.283. The lowest BCUT2D eigenvalue weighted by Gasteiger charge is -2.15. The number of thioether (sulfide) groups is 1. The number of benzene rings is 2. The van der Waals surface area contributed by atoms with Gasteiger partial charge in [0.05, 0.1) is 22.2 Å². The van der Waals surface area contributed by atoms with E-state index in [9.17, 15) is 18.0 Å². The minimum atomic E-state index is -4.42. The molecule has 2 aromatic heterocycles. The van der Waals surface area contributed by atoms with Gasteiger partial charge in [-0.15, -0.1) is 0 Å². The van der Waals surface area contributed by atoms with Gasteiger partial charge < -0.3 is 14.0 Å². The summed E-state index contributed by atoms with van der Waals surface area (Å²) in [5.41, 5.74) is -0.0967. The molecule has 0 aliphatic carbocycles. The molecule has 8 nitrogen and oxygen atoms in total. The second kappa shape index (κ2) is 8.35. The van der Waals surface area contributed by atoms with E-state index in [4.69, 9.17) is 14.0 Å². The van der Waals surface area contributed by atoms with Crippen LogP contribution in [0.1, 0.15) is 31.3 Å². The van der Waals surface area contributed by atoms with Crippen LogP contribution in [-0.2, 0) is 11.9 Å². The van der Waals surface area contributed by atoms with Crippen molar-refractivity contribution in [2.75, 3.05) is 6.79 Å². The molecule has 0 fully saturated rings. The molecule has 0 bridgehead atoms. The summed E-state index contributed by atoms with van der Waals surface area (Å²) >= 11 is 1.24. The minimum absolute atomic E-state index is 0.0874. The van der Waals surface area contributed by atoms with Crippen LogP contribution in [0.4, 0.5) is 13.2 Å². The van der Waals surface area contributed by atoms with Crippen LogP contribution in [0, 0.1) is 0 Å². The van der Waals surface area contributed by atoms with E-state index in [1.807, 2.05) is 13.8 Å². The van der Waals surface area contributed by atoms with Gasteiger partial charge in [0.1, 0.15) is 0 Å². The monoisotopic (exact) mass is 490 g/mol. The van der Waals surface area contributed by atoms with Crippen LogP contribution in [0.2, 0.25) is 0 Å². The molecule has 34 heavy (non-hydrogen) atoms.